The van der Waals surface area contributed by atoms with Gasteiger partial charge in [-0.2, -0.15) is 9.57 Å². The quantitative estimate of drug-likeness (QED) is 0.348. The lowest BCUT2D eigenvalue weighted by Gasteiger charge is -2.35. The van der Waals surface area contributed by atoms with Gasteiger partial charge in [-0.15, -0.1) is 0 Å². The van der Waals surface area contributed by atoms with Crippen molar-refractivity contribution < 1.29 is 16.8 Å². The van der Waals surface area contributed by atoms with Crippen LogP contribution in [0.2, 0.25) is 0 Å². The molecular formula is C28H27N5O4S2. The molecule has 1 saturated heterocycles. The van der Waals surface area contributed by atoms with E-state index in [1.165, 1.54) is 16.4 Å². The van der Waals surface area contributed by atoms with Crippen molar-refractivity contribution in [2.45, 2.75) is 28.9 Å². The Hall–Kier alpha value is -3.85. The number of benzene rings is 3. The molecule has 0 aliphatic carbocycles. The van der Waals surface area contributed by atoms with Gasteiger partial charge in [-0.1, -0.05) is 36.4 Å². The summed E-state index contributed by atoms with van der Waals surface area (Å²) in [6, 6.07) is 21.9. The number of nitriles is 1. The minimum Gasteiger partial charge on any atom is -0.352 e. The van der Waals surface area contributed by atoms with Crippen molar-refractivity contribution in [3.8, 4) is 6.07 Å². The predicted molar refractivity (Wildman–Crippen MR) is 148 cm³/mol. The molecule has 0 spiro atoms. The number of aromatic nitrogens is 2. The second kappa shape index (κ2) is 10.4. The van der Waals surface area contributed by atoms with Gasteiger partial charge in [-0.3, -0.25) is 0 Å². The molecule has 3 aromatic carbocycles. The first-order valence-corrected chi connectivity index (χ1v) is 15.4. The maximum Gasteiger partial charge on any atom is 0.243 e. The highest BCUT2D eigenvalue weighted by atomic mass is 32.2. The van der Waals surface area contributed by atoms with Crippen molar-refractivity contribution in [1.29, 1.82) is 5.26 Å². The van der Waals surface area contributed by atoms with Gasteiger partial charge in [0.25, 0.3) is 0 Å². The molecule has 2 heterocycles. The van der Waals surface area contributed by atoms with Gasteiger partial charge >= 0.3 is 0 Å². The molecule has 1 unspecified atom stereocenters. The van der Waals surface area contributed by atoms with Crippen LogP contribution in [0.25, 0.3) is 11.0 Å². The summed E-state index contributed by atoms with van der Waals surface area (Å²) in [7, 11) is -7.82. The Morgan fingerprint density at radius 2 is 1.38 bits per heavy atom. The van der Waals surface area contributed by atoms with E-state index in [1.54, 1.807) is 60.7 Å². The summed E-state index contributed by atoms with van der Waals surface area (Å²) in [5.41, 5.74) is 2.96. The molecule has 9 nitrogen and oxygen atoms in total. The van der Waals surface area contributed by atoms with Crippen molar-refractivity contribution in [3.63, 3.8) is 0 Å². The Bertz CT molecular complexity index is 1800. The number of hydrogen-bond donors (Lipinski definition) is 0. The summed E-state index contributed by atoms with van der Waals surface area (Å²) in [6.45, 7) is 4.67. The Morgan fingerprint density at radius 3 is 2.00 bits per heavy atom. The second-order valence-electron chi connectivity index (χ2n) is 9.43. The smallest absolute Gasteiger partial charge is 0.243 e. The number of sulfone groups is 1. The molecule has 0 amide bonds. The van der Waals surface area contributed by atoms with Crippen molar-refractivity contribution in [3.05, 3.63) is 89.6 Å². The first-order chi connectivity index (χ1) is 18.6. The Kier molecular flexibility index (Phi) is 7.11. The highest BCUT2D eigenvalue weighted by Crippen LogP contribution is 2.34. The fourth-order valence-electron chi connectivity index (χ4n) is 4.60. The van der Waals surface area contributed by atoms with Crippen molar-refractivity contribution >= 4 is 36.7 Å². The summed E-state index contributed by atoms with van der Waals surface area (Å²) in [5, 5.41) is 8.49. The molecule has 1 atom stereocenters. The van der Waals surface area contributed by atoms with Crippen LogP contribution in [0.15, 0.2) is 82.6 Å². The molecule has 1 fully saturated rings. The van der Waals surface area contributed by atoms with Crippen LogP contribution in [0.3, 0.4) is 0 Å². The summed E-state index contributed by atoms with van der Waals surface area (Å²) < 4.78 is 55.2. The number of sulfonamides is 1. The normalized spacial score (nSPS) is 15.7. The molecule has 0 radical (unpaired) electrons. The molecule has 0 N–H and O–H groups in total. The average Bonchev–Trinajstić information content (AvgIpc) is 2.95. The second-order valence-corrected chi connectivity index (χ2v) is 13.4. The van der Waals surface area contributed by atoms with Gasteiger partial charge in [-0.05, 0) is 61.4 Å². The van der Waals surface area contributed by atoms with Crippen LogP contribution in [0, 0.1) is 25.2 Å². The van der Waals surface area contributed by atoms with Crippen LogP contribution >= 0.6 is 0 Å². The number of anilines is 1. The zero-order valence-corrected chi connectivity index (χ0v) is 23.2. The van der Waals surface area contributed by atoms with E-state index in [9.17, 15) is 22.1 Å². The van der Waals surface area contributed by atoms with Crippen molar-refractivity contribution in [2.75, 3.05) is 31.1 Å². The summed E-state index contributed by atoms with van der Waals surface area (Å²) >= 11 is 0. The number of para-hydroxylation sites is 2. The van der Waals surface area contributed by atoms with Gasteiger partial charge in [0.15, 0.2) is 11.1 Å². The fraction of sp³-hybridized carbons (Fsp3) is 0.250. The lowest BCUT2D eigenvalue weighted by atomic mass is 10.1. The van der Waals surface area contributed by atoms with Gasteiger partial charge in [0, 0.05) is 26.2 Å². The number of rotatable bonds is 6. The number of piperazine rings is 1. The van der Waals surface area contributed by atoms with Crippen LogP contribution < -0.4 is 4.90 Å². The highest BCUT2D eigenvalue weighted by Gasteiger charge is 2.36. The monoisotopic (exact) mass is 561 g/mol. The third-order valence-corrected chi connectivity index (χ3v) is 10.8. The van der Waals surface area contributed by atoms with E-state index in [0.29, 0.717) is 11.0 Å². The standard InChI is InChI=1S/C28H27N5O4S2/c1-20-12-13-23(18-21(20)2)39(36,37)33-16-14-32(15-17-33)28-27(30-24-10-6-7-11-25(24)31-28)26(19-29)38(34,35)22-8-4-3-5-9-22/h3-13,18,26H,14-17H2,1-2H3. The summed E-state index contributed by atoms with van der Waals surface area (Å²) in [5.74, 6) is 0.267. The first kappa shape index (κ1) is 26.7. The van der Waals surface area contributed by atoms with E-state index in [-0.39, 0.29) is 47.5 Å². The number of nitrogens with zero attached hydrogens (tertiary/aromatic N) is 5. The minimum absolute atomic E-state index is 0.0155. The summed E-state index contributed by atoms with van der Waals surface area (Å²) in [6.07, 6.45) is 0. The predicted octanol–water partition coefficient (Wildman–Crippen LogP) is 3.80. The van der Waals surface area contributed by atoms with Crippen LogP contribution in [0.4, 0.5) is 5.82 Å². The zero-order valence-electron chi connectivity index (χ0n) is 21.5. The Labute approximate surface area is 228 Å². The van der Waals surface area contributed by atoms with Gasteiger partial charge in [0.05, 0.1) is 26.9 Å². The van der Waals surface area contributed by atoms with Crippen LogP contribution in [-0.2, 0) is 19.9 Å². The molecule has 0 saturated carbocycles. The number of fused-ring (bicyclic) bond motifs is 1. The van der Waals surface area contributed by atoms with E-state index in [1.807, 2.05) is 24.8 Å². The lowest BCUT2D eigenvalue weighted by Crippen LogP contribution is -2.49. The van der Waals surface area contributed by atoms with Gasteiger partial charge in [-0.25, -0.2) is 26.8 Å². The van der Waals surface area contributed by atoms with Crippen LogP contribution in [0.5, 0.6) is 0 Å². The largest absolute Gasteiger partial charge is 0.352 e. The fourth-order valence-corrected chi connectivity index (χ4v) is 7.51. The van der Waals surface area contributed by atoms with Crippen molar-refractivity contribution in [1.82, 2.24) is 14.3 Å². The molecular weight excluding hydrogens is 534 g/mol. The lowest BCUT2D eigenvalue weighted by molar-refractivity contribution is 0.383. The van der Waals surface area contributed by atoms with E-state index < -0.39 is 25.1 Å². The SMILES string of the molecule is Cc1ccc(S(=O)(=O)N2CCN(c3nc4ccccc4nc3C(C#N)S(=O)(=O)c3ccccc3)CC2)cc1C. The molecule has 4 aromatic rings. The Balaban J connectivity index is 1.51. The highest BCUT2D eigenvalue weighted by molar-refractivity contribution is 7.92. The van der Waals surface area contributed by atoms with E-state index in [0.717, 1.165) is 11.1 Å². The first-order valence-electron chi connectivity index (χ1n) is 12.4. The van der Waals surface area contributed by atoms with Gasteiger partial charge in [0.1, 0.15) is 5.69 Å². The van der Waals surface area contributed by atoms with Crippen LogP contribution in [-0.4, -0.2) is 57.3 Å². The summed E-state index contributed by atoms with van der Waals surface area (Å²) in [4.78, 5) is 11.4. The van der Waals surface area contributed by atoms with Gasteiger partial charge < -0.3 is 4.90 Å². The third kappa shape index (κ3) is 4.98. The van der Waals surface area contributed by atoms with Gasteiger partial charge in [0.2, 0.25) is 19.9 Å². The number of aryl methyl sites for hydroxylation is 2. The van der Waals surface area contributed by atoms with Crippen molar-refractivity contribution in [2.24, 2.45) is 0 Å². The molecule has 5 rings (SSSR count). The topological polar surface area (TPSA) is 124 Å². The third-order valence-electron chi connectivity index (χ3n) is 6.98. The average molecular weight is 562 g/mol. The molecule has 0 bridgehead atoms. The zero-order chi connectivity index (χ0) is 27.8. The molecule has 1 aliphatic heterocycles. The molecule has 1 aromatic heterocycles. The number of hydrogen-bond acceptors (Lipinski definition) is 8. The maximum atomic E-state index is 13.5. The molecule has 11 heteroatoms. The molecule has 1 aliphatic rings. The maximum absolute atomic E-state index is 13.5. The minimum atomic E-state index is -4.11. The molecule has 39 heavy (non-hydrogen) atoms. The van der Waals surface area contributed by atoms with Crippen LogP contribution in [0.1, 0.15) is 22.1 Å². The van der Waals surface area contributed by atoms with E-state index in [4.69, 9.17) is 4.98 Å². The molecule has 200 valence electrons. The van der Waals surface area contributed by atoms with E-state index in [2.05, 4.69) is 4.98 Å². The van der Waals surface area contributed by atoms with E-state index >= 15 is 0 Å². The Morgan fingerprint density at radius 1 is 0.769 bits per heavy atom.